The molecule has 7 heteroatoms. The molecule has 2 heterocycles. The van der Waals surface area contributed by atoms with Crippen molar-refractivity contribution in [3.63, 3.8) is 0 Å². The minimum atomic E-state index is -0.528. The van der Waals surface area contributed by atoms with Gasteiger partial charge in [-0.3, -0.25) is 19.8 Å². The summed E-state index contributed by atoms with van der Waals surface area (Å²) in [5.74, 6) is -1.02. The number of carbonyl (C=O) groups is 2. The average molecular weight is 450 g/mol. The number of rotatable bonds is 3. The van der Waals surface area contributed by atoms with E-state index in [9.17, 15) is 9.59 Å². The van der Waals surface area contributed by atoms with Gasteiger partial charge in [0.1, 0.15) is 5.57 Å². The number of amides is 2. The third-order valence-electron chi connectivity index (χ3n) is 5.27. The Morgan fingerprint density at radius 1 is 1.00 bits per heavy atom. The summed E-state index contributed by atoms with van der Waals surface area (Å²) in [6, 6.07) is 15.1. The van der Waals surface area contributed by atoms with Gasteiger partial charge in [-0.2, -0.15) is 0 Å². The Morgan fingerprint density at radius 3 is 2.52 bits per heavy atom. The molecule has 2 amide bonds. The standard InChI is InChI=1S/C24H20ClN3O2S/c1-14-9-10-20(15(2)12-14)27-11-5-6-17(27)13-18-22(29)26-24(31)28(23(18)30)21-8-4-7-19(25)16(21)3/h4-13H,1-3H3,(H,26,29,31)/b18-13+. The molecule has 0 radical (unpaired) electrons. The van der Waals surface area contributed by atoms with Gasteiger partial charge in [0, 0.05) is 22.6 Å². The summed E-state index contributed by atoms with van der Waals surface area (Å²) >= 11 is 11.5. The van der Waals surface area contributed by atoms with Crippen molar-refractivity contribution < 1.29 is 9.59 Å². The lowest BCUT2D eigenvalue weighted by molar-refractivity contribution is -0.122. The Kier molecular flexibility index (Phi) is 5.52. The Balaban J connectivity index is 1.79. The highest BCUT2D eigenvalue weighted by molar-refractivity contribution is 7.80. The van der Waals surface area contributed by atoms with E-state index in [-0.39, 0.29) is 10.7 Å². The number of aromatic nitrogens is 1. The van der Waals surface area contributed by atoms with Crippen molar-refractivity contribution in [2.24, 2.45) is 0 Å². The van der Waals surface area contributed by atoms with Crippen molar-refractivity contribution in [3.05, 3.63) is 87.7 Å². The molecule has 1 N–H and O–H groups in total. The number of benzene rings is 2. The molecular formula is C24H20ClN3O2S. The fraction of sp³-hybridized carbons (Fsp3) is 0.125. The lowest BCUT2D eigenvalue weighted by atomic mass is 10.1. The van der Waals surface area contributed by atoms with Crippen LogP contribution >= 0.6 is 23.8 Å². The van der Waals surface area contributed by atoms with E-state index in [1.807, 2.05) is 48.9 Å². The Hall–Kier alpha value is -3.22. The number of hydrogen-bond acceptors (Lipinski definition) is 3. The largest absolute Gasteiger partial charge is 0.317 e. The van der Waals surface area contributed by atoms with Gasteiger partial charge in [-0.05, 0) is 80.5 Å². The molecule has 0 aliphatic carbocycles. The molecule has 1 fully saturated rings. The number of nitrogens with zero attached hydrogens (tertiary/aromatic N) is 2. The zero-order chi connectivity index (χ0) is 22.3. The highest BCUT2D eigenvalue weighted by Gasteiger charge is 2.35. The van der Waals surface area contributed by atoms with Gasteiger partial charge in [0.25, 0.3) is 11.8 Å². The molecule has 0 spiro atoms. The molecule has 1 aliphatic rings. The van der Waals surface area contributed by atoms with E-state index in [4.69, 9.17) is 23.8 Å². The molecular weight excluding hydrogens is 430 g/mol. The van der Waals surface area contributed by atoms with E-state index in [2.05, 4.69) is 11.4 Å². The van der Waals surface area contributed by atoms with E-state index in [1.54, 1.807) is 31.2 Å². The van der Waals surface area contributed by atoms with Crippen LogP contribution in [0.2, 0.25) is 5.02 Å². The molecule has 0 unspecified atom stereocenters. The Morgan fingerprint density at radius 2 is 1.77 bits per heavy atom. The quantitative estimate of drug-likeness (QED) is 0.352. The second-order valence-electron chi connectivity index (χ2n) is 7.43. The van der Waals surface area contributed by atoms with Gasteiger partial charge in [0.05, 0.1) is 5.69 Å². The van der Waals surface area contributed by atoms with Crippen molar-refractivity contribution in [2.75, 3.05) is 4.90 Å². The number of nitrogens with one attached hydrogen (secondary N) is 1. The summed E-state index contributed by atoms with van der Waals surface area (Å²) in [5.41, 5.74) is 5.18. The normalized spacial score (nSPS) is 15.5. The maximum absolute atomic E-state index is 13.4. The average Bonchev–Trinajstić information content (AvgIpc) is 3.16. The first-order chi connectivity index (χ1) is 14.8. The molecule has 31 heavy (non-hydrogen) atoms. The van der Waals surface area contributed by atoms with Crippen LogP contribution in [-0.2, 0) is 9.59 Å². The molecule has 3 aromatic rings. The first-order valence-electron chi connectivity index (χ1n) is 9.69. The third-order valence-corrected chi connectivity index (χ3v) is 5.96. The van der Waals surface area contributed by atoms with E-state index in [0.717, 1.165) is 16.8 Å². The maximum Gasteiger partial charge on any atom is 0.270 e. The predicted octanol–water partition coefficient (Wildman–Crippen LogP) is 4.89. The van der Waals surface area contributed by atoms with Gasteiger partial charge in [0.15, 0.2) is 5.11 Å². The monoisotopic (exact) mass is 449 g/mol. The Bertz CT molecular complexity index is 1280. The van der Waals surface area contributed by atoms with Crippen molar-refractivity contribution >= 4 is 52.5 Å². The van der Waals surface area contributed by atoms with Gasteiger partial charge >= 0.3 is 0 Å². The minimum Gasteiger partial charge on any atom is -0.317 e. The smallest absolute Gasteiger partial charge is 0.270 e. The number of hydrogen-bond donors (Lipinski definition) is 1. The van der Waals surface area contributed by atoms with Crippen molar-refractivity contribution in [3.8, 4) is 5.69 Å². The summed E-state index contributed by atoms with van der Waals surface area (Å²) in [4.78, 5) is 27.3. The first-order valence-corrected chi connectivity index (χ1v) is 10.5. The third kappa shape index (κ3) is 3.80. The van der Waals surface area contributed by atoms with Crippen LogP contribution in [0.1, 0.15) is 22.4 Å². The molecule has 0 saturated carbocycles. The van der Waals surface area contributed by atoms with Crippen LogP contribution in [-0.4, -0.2) is 21.5 Å². The second-order valence-corrected chi connectivity index (χ2v) is 8.23. The molecule has 0 bridgehead atoms. The lowest BCUT2D eigenvalue weighted by Crippen LogP contribution is -2.54. The van der Waals surface area contributed by atoms with Crippen LogP contribution < -0.4 is 10.2 Å². The van der Waals surface area contributed by atoms with E-state index in [0.29, 0.717) is 22.0 Å². The fourth-order valence-electron chi connectivity index (χ4n) is 3.67. The number of aryl methyl sites for hydroxylation is 2. The zero-order valence-electron chi connectivity index (χ0n) is 17.3. The van der Waals surface area contributed by atoms with Crippen LogP contribution in [0.25, 0.3) is 11.8 Å². The summed E-state index contributed by atoms with van der Waals surface area (Å²) in [6.45, 7) is 5.87. The number of thiocarbonyl (C=S) groups is 1. The molecule has 1 aromatic heterocycles. The molecule has 4 rings (SSSR count). The lowest BCUT2D eigenvalue weighted by Gasteiger charge is -2.30. The van der Waals surface area contributed by atoms with Crippen LogP contribution in [0, 0.1) is 20.8 Å². The van der Waals surface area contributed by atoms with Gasteiger partial charge in [-0.1, -0.05) is 35.4 Å². The van der Waals surface area contributed by atoms with Crippen LogP contribution in [0.4, 0.5) is 5.69 Å². The Labute approximate surface area is 190 Å². The number of anilines is 1. The van der Waals surface area contributed by atoms with Crippen LogP contribution in [0.5, 0.6) is 0 Å². The summed E-state index contributed by atoms with van der Waals surface area (Å²) < 4.78 is 1.95. The first kappa shape index (κ1) is 21.0. The molecule has 1 saturated heterocycles. The van der Waals surface area contributed by atoms with Gasteiger partial charge < -0.3 is 4.57 Å². The zero-order valence-corrected chi connectivity index (χ0v) is 18.8. The van der Waals surface area contributed by atoms with Crippen LogP contribution in [0.3, 0.4) is 0 Å². The van der Waals surface area contributed by atoms with E-state index in [1.165, 1.54) is 4.90 Å². The predicted molar refractivity (Wildman–Crippen MR) is 128 cm³/mol. The highest BCUT2D eigenvalue weighted by atomic mass is 35.5. The fourth-order valence-corrected chi connectivity index (χ4v) is 4.11. The molecule has 5 nitrogen and oxygen atoms in total. The second kappa shape index (κ2) is 8.13. The summed E-state index contributed by atoms with van der Waals surface area (Å²) in [7, 11) is 0. The van der Waals surface area contributed by atoms with Crippen molar-refractivity contribution in [1.29, 1.82) is 0 Å². The molecule has 1 aliphatic heterocycles. The molecule has 156 valence electrons. The molecule has 2 aromatic carbocycles. The van der Waals surface area contributed by atoms with Crippen molar-refractivity contribution in [2.45, 2.75) is 20.8 Å². The topological polar surface area (TPSA) is 54.3 Å². The summed E-state index contributed by atoms with van der Waals surface area (Å²) in [6.07, 6.45) is 3.49. The van der Waals surface area contributed by atoms with Gasteiger partial charge in [-0.15, -0.1) is 0 Å². The van der Waals surface area contributed by atoms with Crippen molar-refractivity contribution in [1.82, 2.24) is 9.88 Å². The summed E-state index contributed by atoms with van der Waals surface area (Å²) in [5, 5.41) is 3.17. The van der Waals surface area contributed by atoms with E-state index < -0.39 is 11.8 Å². The van der Waals surface area contributed by atoms with Crippen LogP contribution in [0.15, 0.2) is 60.3 Å². The SMILES string of the molecule is Cc1ccc(-n2cccc2/C=C2\C(=O)NC(=S)N(c3cccc(Cl)c3C)C2=O)c(C)c1. The van der Waals surface area contributed by atoms with E-state index >= 15 is 0 Å². The molecule has 0 atom stereocenters. The van der Waals surface area contributed by atoms with Gasteiger partial charge in [0.2, 0.25) is 0 Å². The van der Waals surface area contributed by atoms with Gasteiger partial charge in [-0.25, -0.2) is 0 Å². The highest BCUT2D eigenvalue weighted by Crippen LogP contribution is 2.30. The maximum atomic E-state index is 13.4. The number of halogens is 1. The number of carbonyl (C=O) groups excluding carboxylic acids is 2. The minimum absolute atomic E-state index is 0.00214.